The van der Waals surface area contributed by atoms with Crippen molar-refractivity contribution in [2.75, 3.05) is 0 Å². The lowest BCUT2D eigenvalue weighted by atomic mass is 10.1. The Hall–Kier alpha value is -1.62. The first-order valence-corrected chi connectivity index (χ1v) is 5.99. The zero-order valence-corrected chi connectivity index (χ0v) is 11.0. The third-order valence-corrected chi connectivity index (χ3v) is 3.24. The van der Waals surface area contributed by atoms with Crippen LogP contribution in [0.3, 0.4) is 0 Å². The van der Waals surface area contributed by atoms with E-state index in [-0.39, 0.29) is 0 Å². The molecular weight excluding hydrogens is 282 g/mol. The van der Waals surface area contributed by atoms with Crippen LogP contribution < -0.4 is 0 Å². The maximum Gasteiger partial charge on any atom is 0.192 e. The van der Waals surface area contributed by atoms with Crippen LogP contribution in [-0.2, 0) is 7.05 Å². The molecule has 0 saturated heterocycles. The Bertz CT molecular complexity index is 679. The van der Waals surface area contributed by atoms with E-state index in [4.69, 9.17) is 4.42 Å². The molecule has 0 aliphatic rings. The Morgan fingerprint density at radius 2 is 2.18 bits per heavy atom. The molecular formula is C12H10BrN3O. The maximum absolute atomic E-state index is 5.46. The van der Waals surface area contributed by atoms with Crippen molar-refractivity contribution in [3.63, 3.8) is 0 Å². The number of oxazole rings is 1. The van der Waals surface area contributed by atoms with Crippen LogP contribution in [0.1, 0.15) is 5.89 Å². The number of aromatic nitrogens is 3. The molecule has 0 saturated carbocycles. The summed E-state index contributed by atoms with van der Waals surface area (Å²) in [4.78, 5) is 8.54. The molecule has 0 fully saturated rings. The van der Waals surface area contributed by atoms with Gasteiger partial charge in [-0.25, -0.2) is 9.97 Å². The number of aryl methyl sites for hydroxylation is 2. The molecule has 2 heterocycles. The second-order valence-corrected chi connectivity index (χ2v) is 4.66. The zero-order chi connectivity index (χ0) is 12.0. The van der Waals surface area contributed by atoms with Gasteiger partial charge < -0.3 is 8.98 Å². The SMILES string of the molecule is Cc1nc2cc(-c3c(Br)ncn3C)ccc2o1. The van der Waals surface area contributed by atoms with Crippen molar-refractivity contribution in [1.82, 2.24) is 14.5 Å². The van der Waals surface area contributed by atoms with E-state index in [2.05, 4.69) is 25.9 Å². The lowest BCUT2D eigenvalue weighted by molar-refractivity contribution is 0.561. The molecule has 0 unspecified atom stereocenters. The zero-order valence-electron chi connectivity index (χ0n) is 9.44. The van der Waals surface area contributed by atoms with Crippen LogP contribution >= 0.6 is 15.9 Å². The summed E-state index contributed by atoms with van der Waals surface area (Å²) in [6, 6.07) is 5.95. The number of hydrogen-bond acceptors (Lipinski definition) is 3. The molecule has 2 aromatic heterocycles. The molecule has 0 spiro atoms. The molecule has 1 aromatic carbocycles. The molecule has 86 valence electrons. The first kappa shape index (κ1) is 10.5. The fraction of sp³-hybridized carbons (Fsp3) is 0.167. The van der Waals surface area contributed by atoms with E-state index in [9.17, 15) is 0 Å². The summed E-state index contributed by atoms with van der Waals surface area (Å²) in [5, 5.41) is 0. The van der Waals surface area contributed by atoms with Gasteiger partial charge in [-0.1, -0.05) is 0 Å². The Morgan fingerprint density at radius 1 is 1.35 bits per heavy atom. The third kappa shape index (κ3) is 1.67. The summed E-state index contributed by atoms with van der Waals surface area (Å²) in [6.07, 6.45) is 1.78. The Labute approximate surface area is 106 Å². The first-order valence-electron chi connectivity index (χ1n) is 5.19. The van der Waals surface area contributed by atoms with Gasteiger partial charge in [-0.05, 0) is 34.1 Å². The fourth-order valence-electron chi connectivity index (χ4n) is 1.91. The predicted octanol–water partition coefficient (Wildman–Crippen LogP) is 3.30. The molecule has 3 rings (SSSR count). The summed E-state index contributed by atoms with van der Waals surface area (Å²) in [7, 11) is 1.96. The largest absolute Gasteiger partial charge is 0.441 e. The van der Waals surface area contributed by atoms with E-state index < -0.39 is 0 Å². The van der Waals surface area contributed by atoms with Gasteiger partial charge in [0.05, 0.1) is 12.0 Å². The quantitative estimate of drug-likeness (QED) is 0.691. The van der Waals surface area contributed by atoms with Crippen LogP contribution in [-0.4, -0.2) is 14.5 Å². The maximum atomic E-state index is 5.46. The van der Waals surface area contributed by atoms with Gasteiger partial charge >= 0.3 is 0 Å². The van der Waals surface area contributed by atoms with Crippen molar-refractivity contribution in [3.05, 3.63) is 35.0 Å². The highest BCUT2D eigenvalue weighted by molar-refractivity contribution is 9.10. The van der Waals surface area contributed by atoms with Crippen molar-refractivity contribution in [2.45, 2.75) is 6.92 Å². The van der Waals surface area contributed by atoms with Gasteiger partial charge in [-0.2, -0.15) is 0 Å². The second kappa shape index (κ2) is 3.70. The van der Waals surface area contributed by atoms with Crippen LogP contribution in [0.15, 0.2) is 33.5 Å². The predicted molar refractivity (Wildman–Crippen MR) is 68.6 cm³/mol. The summed E-state index contributed by atoms with van der Waals surface area (Å²) >= 11 is 3.45. The van der Waals surface area contributed by atoms with Gasteiger partial charge in [-0.3, -0.25) is 0 Å². The minimum atomic E-state index is 0.682. The van der Waals surface area contributed by atoms with E-state index in [1.165, 1.54) is 0 Å². The summed E-state index contributed by atoms with van der Waals surface area (Å²) in [5.74, 6) is 0.682. The van der Waals surface area contributed by atoms with Crippen molar-refractivity contribution >= 4 is 27.0 Å². The van der Waals surface area contributed by atoms with E-state index >= 15 is 0 Å². The van der Waals surface area contributed by atoms with Gasteiger partial charge in [-0.15, -0.1) is 0 Å². The molecule has 0 N–H and O–H groups in total. The molecule has 0 bridgehead atoms. The molecule has 0 aliphatic carbocycles. The van der Waals surface area contributed by atoms with Crippen LogP contribution in [0.5, 0.6) is 0 Å². The van der Waals surface area contributed by atoms with Crippen LogP contribution in [0, 0.1) is 6.92 Å². The van der Waals surface area contributed by atoms with E-state index in [1.54, 1.807) is 6.33 Å². The van der Waals surface area contributed by atoms with E-state index in [0.717, 1.165) is 27.0 Å². The van der Waals surface area contributed by atoms with Crippen LogP contribution in [0.2, 0.25) is 0 Å². The number of rotatable bonds is 1. The van der Waals surface area contributed by atoms with Crippen molar-refractivity contribution in [3.8, 4) is 11.3 Å². The number of hydrogen-bond donors (Lipinski definition) is 0. The number of halogens is 1. The average molecular weight is 292 g/mol. The molecule has 4 nitrogen and oxygen atoms in total. The molecule has 17 heavy (non-hydrogen) atoms. The Balaban J connectivity index is 2.24. The first-order chi connectivity index (χ1) is 8.15. The highest BCUT2D eigenvalue weighted by Gasteiger charge is 2.11. The lowest BCUT2D eigenvalue weighted by Gasteiger charge is -2.02. The van der Waals surface area contributed by atoms with Crippen LogP contribution in [0.4, 0.5) is 0 Å². The number of imidazole rings is 1. The van der Waals surface area contributed by atoms with Gasteiger partial charge in [0.25, 0.3) is 0 Å². The number of nitrogens with zero attached hydrogens (tertiary/aromatic N) is 3. The summed E-state index contributed by atoms with van der Waals surface area (Å²) in [6.45, 7) is 1.85. The van der Waals surface area contributed by atoms with E-state index in [1.807, 2.05) is 36.7 Å². The molecule has 0 amide bonds. The molecule has 0 atom stereocenters. The minimum absolute atomic E-state index is 0.682. The van der Waals surface area contributed by atoms with Crippen molar-refractivity contribution in [1.29, 1.82) is 0 Å². The standard InChI is InChI=1S/C12H10BrN3O/c1-7-15-9-5-8(3-4-10(9)17-7)11-12(13)14-6-16(11)2/h3-6H,1-2H3. The monoisotopic (exact) mass is 291 g/mol. The normalized spacial score (nSPS) is 11.2. The van der Waals surface area contributed by atoms with Gasteiger partial charge in [0.1, 0.15) is 10.1 Å². The second-order valence-electron chi connectivity index (χ2n) is 3.91. The van der Waals surface area contributed by atoms with E-state index in [0.29, 0.717) is 5.89 Å². The molecule has 5 heteroatoms. The summed E-state index contributed by atoms with van der Waals surface area (Å²) in [5.41, 5.74) is 3.78. The molecule has 0 aliphatic heterocycles. The highest BCUT2D eigenvalue weighted by Crippen LogP contribution is 2.29. The Kier molecular flexibility index (Phi) is 2.29. The average Bonchev–Trinajstić information content (AvgIpc) is 2.80. The van der Waals surface area contributed by atoms with Gasteiger partial charge in [0.15, 0.2) is 11.5 Å². The lowest BCUT2D eigenvalue weighted by Crippen LogP contribution is -1.89. The molecule has 3 aromatic rings. The smallest absolute Gasteiger partial charge is 0.192 e. The van der Waals surface area contributed by atoms with Crippen LogP contribution in [0.25, 0.3) is 22.4 Å². The van der Waals surface area contributed by atoms with Crippen molar-refractivity contribution in [2.24, 2.45) is 7.05 Å². The summed E-state index contributed by atoms with van der Waals surface area (Å²) < 4.78 is 8.26. The van der Waals surface area contributed by atoms with Crippen molar-refractivity contribution < 1.29 is 4.42 Å². The molecule has 0 radical (unpaired) electrons. The van der Waals surface area contributed by atoms with Gasteiger partial charge in [0, 0.05) is 19.5 Å². The fourth-order valence-corrected chi connectivity index (χ4v) is 2.51. The topological polar surface area (TPSA) is 43.9 Å². The Morgan fingerprint density at radius 3 is 2.88 bits per heavy atom. The third-order valence-electron chi connectivity index (χ3n) is 2.66. The van der Waals surface area contributed by atoms with Gasteiger partial charge in [0.2, 0.25) is 0 Å². The number of benzene rings is 1. The minimum Gasteiger partial charge on any atom is -0.441 e. The number of fused-ring (bicyclic) bond motifs is 1. The highest BCUT2D eigenvalue weighted by atomic mass is 79.9.